The second-order valence-corrected chi connectivity index (χ2v) is 6.28. The van der Waals surface area contributed by atoms with Crippen LogP contribution < -0.4 is 15.0 Å². The lowest BCUT2D eigenvalue weighted by Crippen LogP contribution is -2.27. The van der Waals surface area contributed by atoms with E-state index < -0.39 is 5.82 Å². The van der Waals surface area contributed by atoms with E-state index in [-0.39, 0.29) is 23.6 Å². The molecule has 6 heteroatoms. The van der Waals surface area contributed by atoms with Gasteiger partial charge in [-0.25, -0.2) is 4.39 Å². The van der Waals surface area contributed by atoms with E-state index in [1.165, 1.54) is 19.2 Å². The molecule has 0 radical (unpaired) electrons. The fraction of sp³-hybridized carbons (Fsp3) is 0.300. The molecule has 2 aromatic carbocycles. The van der Waals surface area contributed by atoms with Gasteiger partial charge in [0.25, 0.3) is 5.91 Å². The van der Waals surface area contributed by atoms with E-state index in [9.17, 15) is 14.0 Å². The van der Waals surface area contributed by atoms with Crippen molar-refractivity contribution < 1.29 is 18.7 Å². The summed E-state index contributed by atoms with van der Waals surface area (Å²) in [7, 11) is 1.41. The number of hydrogen-bond acceptors (Lipinski definition) is 3. The number of nitrogens with zero attached hydrogens (tertiary/aromatic N) is 1. The van der Waals surface area contributed by atoms with Crippen molar-refractivity contribution in [1.29, 1.82) is 0 Å². The van der Waals surface area contributed by atoms with Crippen molar-refractivity contribution in [3.63, 3.8) is 0 Å². The number of benzene rings is 2. The maximum Gasteiger partial charge on any atom is 0.251 e. The van der Waals surface area contributed by atoms with E-state index in [0.29, 0.717) is 24.1 Å². The van der Waals surface area contributed by atoms with Crippen LogP contribution in [0.5, 0.6) is 5.75 Å². The topological polar surface area (TPSA) is 58.6 Å². The normalized spacial score (nSPS) is 15.0. The molecule has 136 valence electrons. The van der Waals surface area contributed by atoms with Crippen LogP contribution >= 0.6 is 0 Å². The lowest BCUT2D eigenvalue weighted by atomic mass is 10.1. The Labute approximate surface area is 151 Å². The minimum absolute atomic E-state index is 0.109. The van der Waals surface area contributed by atoms with Crippen molar-refractivity contribution in [3.8, 4) is 5.75 Å². The van der Waals surface area contributed by atoms with Gasteiger partial charge in [-0.05, 0) is 55.3 Å². The molecule has 0 bridgehead atoms. The molecule has 0 saturated carbocycles. The number of halogens is 1. The third kappa shape index (κ3) is 3.69. The molecule has 0 aliphatic carbocycles. The summed E-state index contributed by atoms with van der Waals surface area (Å²) in [5.41, 5.74) is 1.94. The number of amides is 2. The van der Waals surface area contributed by atoms with Gasteiger partial charge >= 0.3 is 0 Å². The predicted molar refractivity (Wildman–Crippen MR) is 96.9 cm³/mol. The first kappa shape index (κ1) is 17.9. The van der Waals surface area contributed by atoms with Crippen molar-refractivity contribution in [2.75, 3.05) is 18.6 Å². The van der Waals surface area contributed by atoms with Crippen molar-refractivity contribution >= 4 is 17.5 Å². The van der Waals surface area contributed by atoms with Gasteiger partial charge in [0, 0.05) is 24.2 Å². The highest BCUT2D eigenvalue weighted by molar-refractivity contribution is 5.97. The smallest absolute Gasteiger partial charge is 0.251 e. The van der Waals surface area contributed by atoms with Gasteiger partial charge in [0.05, 0.1) is 13.2 Å². The molecule has 1 heterocycles. The van der Waals surface area contributed by atoms with Crippen LogP contribution in [0.2, 0.25) is 0 Å². The molecule has 2 amide bonds. The minimum Gasteiger partial charge on any atom is -0.494 e. The van der Waals surface area contributed by atoms with Crippen LogP contribution in [-0.2, 0) is 4.79 Å². The number of carbonyl (C=O) groups is 2. The molecule has 0 spiro atoms. The summed E-state index contributed by atoms with van der Waals surface area (Å²) in [6, 6.07) is 11.2. The first-order valence-corrected chi connectivity index (χ1v) is 8.54. The molecule has 1 saturated heterocycles. The third-order valence-electron chi connectivity index (χ3n) is 4.54. The number of anilines is 1. The Balaban J connectivity index is 1.67. The highest BCUT2D eigenvalue weighted by atomic mass is 19.1. The van der Waals surface area contributed by atoms with Crippen LogP contribution in [0.15, 0.2) is 42.5 Å². The summed E-state index contributed by atoms with van der Waals surface area (Å²) in [5, 5.41) is 2.85. The zero-order chi connectivity index (χ0) is 18.7. The summed E-state index contributed by atoms with van der Waals surface area (Å²) in [5.74, 6) is -0.449. The number of ether oxygens (including phenoxy) is 1. The molecule has 2 aromatic rings. The molecule has 0 aromatic heterocycles. The maximum atomic E-state index is 13.8. The number of rotatable bonds is 5. The van der Waals surface area contributed by atoms with E-state index >= 15 is 0 Å². The van der Waals surface area contributed by atoms with E-state index in [1.54, 1.807) is 42.2 Å². The Morgan fingerprint density at radius 2 is 1.96 bits per heavy atom. The number of carbonyl (C=O) groups excluding carboxylic acids is 2. The second-order valence-electron chi connectivity index (χ2n) is 6.28. The van der Waals surface area contributed by atoms with Gasteiger partial charge in [0.15, 0.2) is 11.6 Å². The fourth-order valence-corrected chi connectivity index (χ4v) is 3.03. The van der Waals surface area contributed by atoms with Gasteiger partial charge in [0.1, 0.15) is 0 Å². The zero-order valence-corrected chi connectivity index (χ0v) is 14.8. The van der Waals surface area contributed by atoms with Gasteiger partial charge in [-0.3, -0.25) is 9.59 Å². The van der Waals surface area contributed by atoms with Crippen LogP contribution in [0.1, 0.15) is 41.7 Å². The summed E-state index contributed by atoms with van der Waals surface area (Å²) in [6.07, 6.45) is 1.43. The molecule has 1 N–H and O–H groups in total. The van der Waals surface area contributed by atoms with Crippen LogP contribution in [0.3, 0.4) is 0 Å². The van der Waals surface area contributed by atoms with Crippen molar-refractivity contribution in [2.45, 2.75) is 25.8 Å². The Bertz CT molecular complexity index is 820. The molecule has 1 fully saturated rings. The summed E-state index contributed by atoms with van der Waals surface area (Å²) in [6.45, 7) is 2.50. The van der Waals surface area contributed by atoms with E-state index in [0.717, 1.165) is 12.1 Å². The maximum absolute atomic E-state index is 13.8. The van der Waals surface area contributed by atoms with Crippen LogP contribution in [-0.4, -0.2) is 25.5 Å². The lowest BCUT2D eigenvalue weighted by Gasteiger charge is -2.17. The van der Waals surface area contributed by atoms with E-state index in [2.05, 4.69) is 5.32 Å². The van der Waals surface area contributed by atoms with Gasteiger partial charge in [-0.15, -0.1) is 0 Å². The SMILES string of the molecule is COc1ccc([C@@H](C)NC(=O)c2ccc(N3CCCC3=O)cc2)cc1F. The molecule has 0 unspecified atom stereocenters. The molecular formula is C20H21FN2O3. The highest BCUT2D eigenvalue weighted by Gasteiger charge is 2.22. The van der Waals surface area contributed by atoms with E-state index in [1.807, 2.05) is 0 Å². The van der Waals surface area contributed by atoms with Gasteiger partial charge in [0.2, 0.25) is 5.91 Å². The first-order valence-electron chi connectivity index (χ1n) is 8.54. The fourth-order valence-electron chi connectivity index (χ4n) is 3.03. The van der Waals surface area contributed by atoms with Crippen LogP contribution in [0.25, 0.3) is 0 Å². The molecule has 26 heavy (non-hydrogen) atoms. The molecule has 1 aliphatic heterocycles. The van der Waals surface area contributed by atoms with Crippen molar-refractivity contribution in [3.05, 3.63) is 59.4 Å². The molecular weight excluding hydrogens is 335 g/mol. The third-order valence-corrected chi connectivity index (χ3v) is 4.54. The quantitative estimate of drug-likeness (QED) is 0.893. The predicted octanol–water partition coefficient (Wildman–Crippen LogP) is 3.45. The summed E-state index contributed by atoms with van der Waals surface area (Å²) < 4.78 is 18.7. The Morgan fingerprint density at radius 3 is 2.54 bits per heavy atom. The number of nitrogens with one attached hydrogen (secondary N) is 1. The highest BCUT2D eigenvalue weighted by Crippen LogP contribution is 2.23. The standard InChI is InChI=1S/C20H21FN2O3/c1-13(15-7-10-18(26-2)17(21)12-15)22-20(25)14-5-8-16(9-6-14)23-11-3-4-19(23)24/h5-10,12-13H,3-4,11H2,1-2H3,(H,22,25)/t13-/m1/s1. The second kappa shape index (κ2) is 7.56. The first-order chi connectivity index (χ1) is 12.5. The average Bonchev–Trinajstić information content (AvgIpc) is 3.07. The summed E-state index contributed by atoms with van der Waals surface area (Å²) in [4.78, 5) is 25.9. The zero-order valence-electron chi connectivity index (χ0n) is 14.8. The summed E-state index contributed by atoms with van der Waals surface area (Å²) >= 11 is 0. The molecule has 1 atom stereocenters. The monoisotopic (exact) mass is 356 g/mol. The van der Waals surface area contributed by atoms with Gasteiger partial charge in [-0.2, -0.15) is 0 Å². The number of hydrogen-bond donors (Lipinski definition) is 1. The van der Waals surface area contributed by atoms with Crippen molar-refractivity contribution in [2.24, 2.45) is 0 Å². The molecule has 3 rings (SSSR count). The van der Waals surface area contributed by atoms with E-state index in [4.69, 9.17) is 4.74 Å². The Kier molecular flexibility index (Phi) is 5.21. The Morgan fingerprint density at radius 1 is 1.23 bits per heavy atom. The van der Waals surface area contributed by atoms with Crippen molar-refractivity contribution in [1.82, 2.24) is 5.32 Å². The largest absolute Gasteiger partial charge is 0.494 e. The Hall–Kier alpha value is -2.89. The van der Waals surface area contributed by atoms with Crippen LogP contribution in [0.4, 0.5) is 10.1 Å². The van der Waals surface area contributed by atoms with Gasteiger partial charge in [-0.1, -0.05) is 6.07 Å². The number of methoxy groups -OCH3 is 1. The molecule has 5 nitrogen and oxygen atoms in total. The molecule has 1 aliphatic rings. The average molecular weight is 356 g/mol. The van der Waals surface area contributed by atoms with Gasteiger partial charge < -0.3 is 15.0 Å². The minimum atomic E-state index is -0.467. The lowest BCUT2D eigenvalue weighted by molar-refractivity contribution is -0.117. The van der Waals surface area contributed by atoms with Crippen LogP contribution in [0, 0.1) is 5.82 Å².